The van der Waals surface area contributed by atoms with Crippen LogP contribution in [0.5, 0.6) is 0 Å². The van der Waals surface area contributed by atoms with Crippen LogP contribution < -0.4 is 5.32 Å². The fourth-order valence-electron chi connectivity index (χ4n) is 2.22. The summed E-state index contributed by atoms with van der Waals surface area (Å²) in [6, 6.07) is 0. The number of nitrogens with one attached hydrogen (secondary N) is 1. The summed E-state index contributed by atoms with van der Waals surface area (Å²) in [5.74, 6) is 2.60. The van der Waals surface area contributed by atoms with Crippen molar-refractivity contribution in [3.05, 3.63) is 5.82 Å². The van der Waals surface area contributed by atoms with Gasteiger partial charge in [-0.2, -0.15) is 0 Å². The largest absolute Gasteiger partial charge is 0.313 e. The van der Waals surface area contributed by atoms with E-state index in [0.717, 1.165) is 29.6 Å². The summed E-state index contributed by atoms with van der Waals surface area (Å²) >= 11 is 1.60. The van der Waals surface area contributed by atoms with Crippen LogP contribution in [0.4, 0.5) is 0 Å². The molecule has 1 fully saturated rings. The summed E-state index contributed by atoms with van der Waals surface area (Å²) in [7, 11) is 0.991. The van der Waals surface area contributed by atoms with Crippen molar-refractivity contribution < 1.29 is 8.42 Å². The maximum atomic E-state index is 11.6. The monoisotopic (exact) mass is 304 g/mol. The zero-order valence-corrected chi connectivity index (χ0v) is 12.9. The Hall–Kier alpha value is -0.600. The van der Waals surface area contributed by atoms with Gasteiger partial charge in [0.05, 0.1) is 18.1 Å². The van der Waals surface area contributed by atoms with Crippen LogP contribution in [-0.4, -0.2) is 47.5 Å². The standard InChI is InChI=1S/C11H20N4O2S2/c1-12-6-10-13-14-11(15(10)2)18-7-9-4-3-5-19(16,17)8-9/h9,12H,3-8H2,1-2H3/t9-/m0/s1. The Morgan fingerprint density at radius 2 is 2.26 bits per heavy atom. The SMILES string of the molecule is CNCc1nnc(SC[C@@H]2CCCS(=O)(=O)C2)n1C. The normalized spacial score (nSPS) is 22.5. The van der Waals surface area contributed by atoms with Gasteiger partial charge in [-0.3, -0.25) is 0 Å². The van der Waals surface area contributed by atoms with Crippen LogP contribution in [-0.2, 0) is 23.4 Å². The van der Waals surface area contributed by atoms with Gasteiger partial charge in [-0.15, -0.1) is 10.2 Å². The lowest BCUT2D eigenvalue weighted by Crippen LogP contribution is -2.26. The molecule has 0 saturated carbocycles. The fourth-order valence-corrected chi connectivity index (χ4v) is 5.22. The van der Waals surface area contributed by atoms with E-state index in [4.69, 9.17) is 0 Å². The molecule has 2 heterocycles. The predicted octanol–water partition coefficient (Wildman–Crippen LogP) is 0.451. The second-order valence-corrected chi connectivity index (χ2v) is 8.14. The van der Waals surface area contributed by atoms with Crippen molar-refractivity contribution in [1.82, 2.24) is 20.1 Å². The third kappa shape index (κ3) is 3.93. The highest BCUT2D eigenvalue weighted by Crippen LogP contribution is 2.25. The molecule has 1 saturated heterocycles. The molecular formula is C11H20N4O2S2. The third-order valence-corrected chi connectivity index (χ3v) is 6.41. The van der Waals surface area contributed by atoms with Gasteiger partial charge in [0.1, 0.15) is 5.82 Å². The minimum absolute atomic E-state index is 0.244. The van der Waals surface area contributed by atoms with Crippen LogP contribution in [0.1, 0.15) is 18.7 Å². The molecule has 0 unspecified atom stereocenters. The lowest BCUT2D eigenvalue weighted by Gasteiger charge is -2.21. The maximum absolute atomic E-state index is 11.6. The summed E-state index contributed by atoms with van der Waals surface area (Å²) in [6.45, 7) is 0.682. The highest BCUT2D eigenvalue weighted by molar-refractivity contribution is 7.99. The summed E-state index contributed by atoms with van der Waals surface area (Å²) in [4.78, 5) is 0. The second kappa shape index (κ2) is 6.23. The summed E-state index contributed by atoms with van der Waals surface area (Å²) in [5.41, 5.74) is 0. The Kier molecular flexibility index (Phi) is 4.86. The van der Waals surface area contributed by atoms with Crippen molar-refractivity contribution in [2.45, 2.75) is 24.5 Å². The molecule has 19 heavy (non-hydrogen) atoms. The van der Waals surface area contributed by atoms with E-state index in [-0.39, 0.29) is 5.92 Å². The minimum atomic E-state index is -2.82. The van der Waals surface area contributed by atoms with Crippen LogP contribution in [0, 0.1) is 5.92 Å². The van der Waals surface area contributed by atoms with E-state index in [9.17, 15) is 8.42 Å². The molecule has 1 atom stereocenters. The molecule has 0 radical (unpaired) electrons. The average molecular weight is 304 g/mol. The van der Waals surface area contributed by atoms with E-state index in [2.05, 4.69) is 15.5 Å². The molecule has 1 aliphatic rings. The topological polar surface area (TPSA) is 76.9 Å². The molecule has 0 spiro atoms. The van der Waals surface area contributed by atoms with Crippen molar-refractivity contribution in [2.24, 2.45) is 13.0 Å². The molecule has 0 bridgehead atoms. The molecule has 6 nitrogen and oxygen atoms in total. The number of thioether (sulfide) groups is 1. The highest BCUT2D eigenvalue weighted by atomic mass is 32.2. The van der Waals surface area contributed by atoms with Gasteiger partial charge in [-0.05, 0) is 25.8 Å². The number of hydrogen-bond donors (Lipinski definition) is 1. The number of nitrogens with zero attached hydrogens (tertiary/aromatic N) is 3. The first kappa shape index (κ1) is 14.8. The van der Waals surface area contributed by atoms with Gasteiger partial charge in [0, 0.05) is 12.8 Å². The molecule has 1 aliphatic heterocycles. The fraction of sp³-hybridized carbons (Fsp3) is 0.818. The first-order chi connectivity index (χ1) is 9.02. The van der Waals surface area contributed by atoms with Gasteiger partial charge in [0.25, 0.3) is 0 Å². The zero-order chi connectivity index (χ0) is 13.9. The molecular weight excluding hydrogens is 284 g/mol. The van der Waals surface area contributed by atoms with Gasteiger partial charge in [0.15, 0.2) is 15.0 Å². The van der Waals surface area contributed by atoms with Crippen molar-refractivity contribution in [1.29, 1.82) is 0 Å². The molecule has 8 heteroatoms. The number of aromatic nitrogens is 3. The van der Waals surface area contributed by atoms with Crippen LogP contribution in [0.15, 0.2) is 5.16 Å². The van der Waals surface area contributed by atoms with E-state index in [1.165, 1.54) is 0 Å². The van der Waals surface area contributed by atoms with Crippen LogP contribution in [0.2, 0.25) is 0 Å². The third-order valence-electron chi connectivity index (χ3n) is 3.27. The highest BCUT2D eigenvalue weighted by Gasteiger charge is 2.25. The average Bonchev–Trinajstić information content (AvgIpc) is 2.68. The second-order valence-electron chi connectivity index (χ2n) is 4.92. The Morgan fingerprint density at radius 3 is 2.95 bits per heavy atom. The molecule has 0 amide bonds. The van der Waals surface area contributed by atoms with Gasteiger partial charge in [-0.25, -0.2) is 8.42 Å². The van der Waals surface area contributed by atoms with Crippen LogP contribution in [0.25, 0.3) is 0 Å². The van der Waals surface area contributed by atoms with Crippen molar-refractivity contribution in [2.75, 3.05) is 24.3 Å². The van der Waals surface area contributed by atoms with Gasteiger partial charge >= 0.3 is 0 Å². The lowest BCUT2D eigenvalue weighted by atomic mass is 10.1. The molecule has 1 aromatic heterocycles. The Bertz CT molecular complexity index is 527. The summed E-state index contributed by atoms with van der Waals surface area (Å²) < 4.78 is 25.1. The summed E-state index contributed by atoms with van der Waals surface area (Å²) in [6.07, 6.45) is 1.78. The van der Waals surface area contributed by atoms with E-state index in [1.54, 1.807) is 11.8 Å². The molecule has 0 aliphatic carbocycles. The zero-order valence-electron chi connectivity index (χ0n) is 11.3. The first-order valence-electron chi connectivity index (χ1n) is 6.38. The minimum Gasteiger partial charge on any atom is -0.313 e. The number of rotatable bonds is 5. The van der Waals surface area contributed by atoms with Crippen molar-refractivity contribution in [3.63, 3.8) is 0 Å². The Labute approximate surface area is 118 Å². The molecule has 108 valence electrons. The van der Waals surface area contributed by atoms with Gasteiger partial charge < -0.3 is 9.88 Å². The van der Waals surface area contributed by atoms with E-state index >= 15 is 0 Å². The van der Waals surface area contributed by atoms with Crippen molar-refractivity contribution in [3.8, 4) is 0 Å². The number of sulfone groups is 1. The Balaban J connectivity index is 1.92. The van der Waals surface area contributed by atoms with E-state index < -0.39 is 9.84 Å². The molecule has 1 aromatic rings. The quantitative estimate of drug-likeness (QED) is 0.796. The number of hydrogen-bond acceptors (Lipinski definition) is 6. The van der Waals surface area contributed by atoms with Crippen LogP contribution in [0.3, 0.4) is 0 Å². The van der Waals surface area contributed by atoms with Crippen LogP contribution >= 0.6 is 11.8 Å². The molecule has 0 aromatic carbocycles. The summed E-state index contributed by atoms with van der Waals surface area (Å²) in [5, 5.41) is 12.1. The van der Waals surface area contributed by atoms with E-state index in [1.807, 2.05) is 18.7 Å². The molecule has 1 N–H and O–H groups in total. The van der Waals surface area contributed by atoms with E-state index in [0.29, 0.717) is 18.1 Å². The maximum Gasteiger partial charge on any atom is 0.190 e. The lowest BCUT2D eigenvalue weighted by molar-refractivity contribution is 0.520. The molecule has 2 rings (SSSR count). The smallest absolute Gasteiger partial charge is 0.190 e. The Morgan fingerprint density at radius 1 is 1.47 bits per heavy atom. The predicted molar refractivity (Wildman–Crippen MR) is 75.9 cm³/mol. The first-order valence-corrected chi connectivity index (χ1v) is 9.18. The van der Waals surface area contributed by atoms with Gasteiger partial charge in [-0.1, -0.05) is 11.8 Å². The van der Waals surface area contributed by atoms with Crippen molar-refractivity contribution >= 4 is 21.6 Å². The van der Waals surface area contributed by atoms with Gasteiger partial charge in [0.2, 0.25) is 0 Å².